The van der Waals surface area contributed by atoms with Gasteiger partial charge < -0.3 is 14.2 Å². The van der Waals surface area contributed by atoms with Gasteiger partial charge in [0.15, 0.2) is 6.10 Å². The van der Waals surface area contributed by atoms with Crippen molar-refractivity contribution in [3.63, 3.8) is 0 Å². The third-order valence-electron chi connectivity index (χ3n) is 2.66. The number of hydrogen-bond acceptors (Lipinski definition) is 6. The second-order valence-electron chi connectivity index (χ2n) is 4.44. The van der Waals surface area contributed by atoms with Crippen LogP contribution in [0.15, 0.2) is 54.3 Å². The van der Waals surface area contributed by atoms with Gasteiger partial charge in [0.2, 0.25) is 0 Å². The summed E-state index contributed by atoms with van der Waals surface area (Å²) in [4.78, 5) is 33.9. The molecule has 0 saturated carbocycles. The summed E-state index contributed by atoms with van der Waals surface area (Å²) in [5, 5.41) is 0. The molecule has 1 heterocycles. The minimum atomic E-state index is -0.837. The smallest absolute Gasteiger partial charge is 0.338 e. The van der Waals surface area contributed by atoms with Crippen LogP contribution in [0.5, 0.6) is 0 Å². The van der Waals surface area contributed by atoms with Crippen molar-refractivity contribution in [2.24, 2.45) is 0 Å². The second-order valence-corrected chi connectivity index (χ2v) is 4.44. The zero-order chi connectivity index (χ0) is 15.9. The first-order valence-corrected chi connectivity index (χ1v) is 6.55. The van der Waals surface area contributed by atoms with E-state index in [-0.39, 0.29) is 12.4 Å². The van der Waals surface area contributed by atoms with E-state index < -0.39 is 24.0 Å². The minimum Gasteiger partial charge on any atom is -0.458 e. The summed E-state index contributed by atoms with van der Waals surface area (Å²) in [6, 6.07) is 8.44. The SMILES string of the molecule is CC(=O)O[C@@H](/C=C1/C=CC(=O)O1)COC(=O)c1ccccc1. The molecular formula is C16H14O6. The lowest BCUT2D eigenvalue weighted by molar-refractivity contribution is -0.145. The monoisotopic (exact) mass is 302 g/mol. The number of carbonyl (C=O) groups excluding carboxylic acids is 3. The molecule has 1 aromatic rings. The summed E-state index contributed by atoms with van der Waals surface area (Å²) in [6.07, 6.45) is 3.25. The van der Waals surface area contributed by atoms with E-state index in [0.717, 1.165) is 0 Å². The number of benzene rings is 1. The third kappa shape index (κ3) is 4.59. The van der Waals surface area contributed by atoms with E-state index in [0.29, 0.717) is 5.56 Å². The van der Waals surface area contributed by atoms with Gasteiger partial charge in [0.1, 0.15) is 12.4 Å². The molecule has 0 N–H and O–H groups in total. The molecule has 1 aliphatic heterocycles. The van der Waals surface area contributed by atoms with Crippen molar-refractivity contribution in [2.75, 3.05) is 6.61 Å². The first kappa shape index (κ1) is 15.5. The van der Waals surface area contributed by atoms with E-state index in [4.69, 9.17) is 14.2 Å². The molecule has 0 radical (unpaired) electrons. The molecule has 0 unspecified atom stereocenters. The standard InChI is InChI=1S/C16H14O6/c1-11(17)21-14(9-13-7-8-15(18)22-13)10-20-16(19)12-5-3-2-4-6-12/h2-9,14H,10H2,1H3/b13-9-/t14-/m0/s1. The van der Waals surface area contributed by atoms with E-state index in [2.05, 4.69) is 0 Å². The Morgan fingerprint density at radius 2 is 1.95 bits per heavy atom. The second kappa shape index (κ2) is 7.21. The lowest BCUT2D eigenvalue weighted by Gasteiger charge is -2.14. The van der Waals surface area contributed by atoms with Crippen molar-refractivity contribution < 1.29 is 28.6 Å². The maximum absolute atomic E-state index is 11.8. The van der Waals surface area contributed by atoms with Crippen molar-refractivity contribution in [3.05, 3.63) is 59.9 Å². The average molecular weight is 302 g/mol. The van der Waals surface area contributed by atoms with Crippen molar-refractivity contribution in [2.45, 2.75) is 13.0 Å². The zero-order valence-corrected chi connectivity index (χ0v) is 11.9. The first-order valence-electron chi connectivity index (χ1n) is 6.55. The number of carbonyl (C=O) groups is 3. The first-order chi connectivity index (χ1) is 10.5. The molecule has 0 saturated heterocycles. The number of ether oxygens (including phenoxy) is 3. The van der Waals surface area contributed by atoms with Gasteiger partial charge in [-0.3, -0.25) is 4.79 Å². The molecule has 0 bridgehead atoms. The van der Waals surface area contributed by atoms with E-state index >= 15 is 0 Å². The molecule has 0 amide bonds. The number of allylic oxidation sites excluding steroid dienone is 1. The predicted octanol–water partition coefficient (Wildman–Crippen LogP) is 1.77. The Bertz CT molecular complexity index is 629. The van der Waals surface area contributed by atoms with Crippen LogP contribution >= 0.6 is 0 Å². The van der Waals surface area contributed by atoms with Crippen LogP contribution < -0.4 is 0 Å². The molecule has 0 aliphatic carbocycles. The van der Waals surface area contributed by atoms with Gasteiger partial charge in [-0.15, -0.1) is 0 Å². The highest BCUT2D eigenvalue weighted by Crippen LogP contribution is 2.12. The molecule has 22 heavy (non-hydrogen) atoms. The van der Waals surface area contributed by atoms with Crippen LogP contribution in [0.4, 0.5) is 0 Å². The molecular weight excluding hydrogens is 288 g/mol. The normalized spacial score (nSPS) is 16.2. The van der Waals surface area contributed by atoms with Crippen LogP contribution in [0.2, 0.25) is 0 Å². The fourth-order valence-electron chi connectivity index (χ4n) is 1.75. The Morgan fingerprint density at radius 1 is 1.23 bits per heavy atom. The Kier molecular flexibility index (Phi) is 5.08. The van der Waals surface area contributed by atoms with E-state index in [1.54, 1.807) is 30.3 Å². The quantitative estimate of drug-likeness (QED) is 0.609. The number of rotatable bonds is 5. The van der Waals surface area contributed by atoms with Gasteiger partial charge in [0.25, 0.3) is 0 Å². The van der Waals surface area contributed by atoms with E-state index in [9.17, 15) is 14.4 Å². The highest BCUT2D eigenvalue weighted by Gasteiger charge is 2.17. The number of hydrogen-bond donors (Lipinski definition) is 0. The van der Waals surface area contributed by atoms with Crippen LogP contribution in [0, 0.1) is 0 Å². The largest absolute Gasteiger partial charge is 0.458 e. The van der Waals surface area contributed by atoms with E-state index in [1.165, 1.54) is 25.2 Å². The van der Waals surface area contributed by atoms with Gasteiger partial charge in [0.05, 0.1) is 5.56 Å². The topological polar surface area (TPSA) is 78.9 Å². The summed E-state index contributed by atoms with van der Waals surface area (Å²) in [7, 11) is 0. The maximum Gasteiger partial charge on any atom is 0.338 e. The van der Waals surface area contributed by atoms with Crippen molar-refractivity contribution in [1.82, 2.24) is 0 Å². The minimum absolute atomic E-state index is 0.178. The van der Waals surface area contributed by atoms with Crippen LogP contribution in [0.25, 0.3) is 0 Å². The molecule has 6 nitrogen and oxygen atoms in total. The third-order valence-corrected chi connectivity index (χ3v) is 2.66. The molecule has 2 rings (SSSR count). The van der Waals surface area contributed by atoms with Crippen LogP contribution in [-0.4, -0.2) is 30.6 Å². The number of esters is 3. The highest BCUT2D eigenvalue weighted by atomic mass is 16.6. The summed E-state index contributed by atoms with van der Waals surface area (Å²) in [5.41, 5.74) is 0.393. The molecule has 1 aliphatic rings. The molecule has 114 valence electrons. The molecule has 1 aromatic carbocycles. The highest BCUT2D eigenvalue weighted by molar-refractivity contribution is 5.89. The average Bonchev–Trinajstić information content (AvgIpc) is 2.90. The van der Waals surface area contributed by atoms with Gasteiger partial charge in [-0.2, -0.15) is 0 Å². The van der Waals surface area contributed by atoms with Crippen LogP contribution in [0.3, 0.4) is 0 Å². The van der Waals surface area contributed by atoms with Crippen LogP contribution in [0.1, 0.15) is 17.3 Å². The lowest BCUT2D eigenvalue weighted by Crippen LogP contribution is -2.23. The Balaban J connectivity index is 1.98. The summed E-state index contributed by atoms with van der Waals surface area (Å²) >= 11 is 0. The zero-order valence-electron chi connectivity index (χ0n) is 11.9. The Hall–Kier alpha value is -2.89. The van der Waals surface area contributed by atoms with Crippen molar-refractivity contribution >= 4 is 17.9 Å². The Morgan fingerprint density at radius 3 is 2.55 bits per heavy atom. The molecule has 0 spiro atoms. The van der Waals surface area contributed by atoms with Crippen molar-refractivity contribution in [1.29, 1.82) is 0 Å². The molecule has 6 heteroatoms. The maximum atomic E-state index is 11.8. The molecule has 0 fully saturated rings. The predicted molar refractivity (Wildman–Crippen MR) is 75.6 cm³/mol. The van der Waals surface area contributed by atoms with Gasteiger partial charge >= 0.3 is 17.9 Å². The summed E-state index contributed by atoms with van der Waals surface area (Å²) < 4.78 is 15.0. The van der Waals surface area contributed by atoms with Gasteiger partial charge in [-0.25, -0.2) is 9.59 Å². The lowest BCUT2D eigenvalue weighted by atomic mass is 10.2. The molecule has 0 aromatic heterocycles. The molecule has 1 atom stereocenters. The van der Waals surface area contributed by atoms with Gasteiger partial charge in [-0.05, 0) is 18.2 Å². The summed E-state index contributed by atoms with van der Waals surface area (Å²) in [6.45, 7) is 1.06. The Labute approximate surface area is 127 Å². The number of cyclic esters (lactones) is 1. The van der Waals surface area contributed by atoms with E-state index in [1.807, 2.05) is 0 Å². The van der Waals surface area contributed by atoms with Gasteiger partial charge in [-0.1, -0.05) is 18.2 Å². The van der Waals surface area contributed by atoms with Gasteiger partial charge in [0, 0.05) is 19.1 Å². The fraction of sp³-hybridized carbons (Fsp3) is 0.188. The fourth-order valence-corrected chi connectivity index (χ4v) is 1.75. The van der Waals surface area contributed by atoms with Crippen LogP contribution in [-0.2, 0) is 23.8 Å². The summed E-state index contributed by atoms with van der Waals surface area (Å²) in [5.74, 6) is -1.33. The van der Waals surface area contributed by atoms with Crippen molar-refractivity contribution in [3.8, 4) is 0 Å².